The Balaban J connectivity index is 2.16. The van der Waals surface area contributed by atoms with Crippen LogP contribution in [0.5, 0.6) is 0 Å². The standard InChI is InChI=1S/C13H13F3O/c14-11-5-10(6-12(15)13(11)16)9-3-1-8(7-17)2-4-9/h5-9H,1-4H2. The van der Waals surface area contributed by atoms with Gasteiger partial charge in [0.2, 0.25) is 0 Å². The highest BCUT2D eigenvalue weighted by molar-refractivity contribution is 5.53. The number of carbonyl (C=O) groups is 1. The summed E-state index contributed by atoms with van der Waals surface area (Å²) in [4.78, 5) is 10.6. The summed E-state index contributed by atoms with van der Waals surface area (Å²) in [5.41, 5.74) is 0.491. The molecule has 0 atom stereocenters. The molecule has 1 fully saturated rings. The van der Waals surface area contributed by atoms with Gasteiger partial charge in [-0.1, -0.05) is 0 Å². The molecule has 0 aromatic heterocycles. The van der Waals surface area contributed by atoms with E-state index in [9.17, 15) is 18.0 Å². The minimum absolute atomic E-state index is 0.0239. The molecule has 0 amide bonds. The molecule has 0 N–H and O–H groups in total. The van der Waals surface area contributed by atoms with Crippen LogP contribution in [0.25, 0.3) is 0 Å². The SMILES string of the molecule is O=CC1CCC(c2cc(F)c(F)c(F)c2)CC1. The summed E-state index contributed by atoms with van der Waals surface area (Å²) in [7, 11) is 0. The average molecular weight is 242 g/mol. The molecular formula is C13H13F3O. The first kappa shape index (κ1) is 12.1. The van der Waals surface area contributed by atoms with Crippen molar-refractivity contribution in [3.8, 4) is 0 Å². The van der Waals surface area contributed by atoms with E-state index < -0.39 is 17.5 Å². The summed E-state index contributed by atoms with van der Waals surface area (Å²) in [6.07, 6.45) is 3.83. The Morgan fingerprint density at radius 3 is 2.00 bits per heavy atom. The number of hydrogen-bond donors (Lipinski definition) is 0. The smallest absolute Gasteiger partial charge is 0.194 e. The summed E-state index contributed by atoms with van der Waals surface area (Å²) in [6, 6.07) is 2.12. The van der Waals surface area contributed by atoms with Gasteiger partial charge in [0.15, 0.2) is 17.5 Å². The molecular weight excluding hydrogens is 229 g/mol. The van der Waals surface area contributed by atoms with Crippen molar-refractivity contribution in [3.63, 3.8) is 0 Å². The van der Waals surface area contributed by atoms with Gasteiger partial charge < -0.3 is 4.79 Å². The molecule has 1 aliphatic carbocycles. The van der Waals surface area contributed by atoms with Gasteiger partial charge >= 0.3 is 0 Å². The lowest BCUT2D eigenvalue weighted by Crippen LogP contribution is -2.14. The number of carbonyl (C=O) groups excluding carboxylic acids is 1. The first-order valence-electron chi connectivity index (χ1n) is 5.71. The second-order valence-corrected chi connectivity index (χ2v) is 4.55. The third-order valence-electron chi connectivity index (χ3n) is 3.44. The molecule has 0 unspecified atom stereocenters. The van der Waals surface area contributed by atoms with Crippen LogP contribution in [0.4, 0.5) is 13.2 Å². The number of benzene rings is 1. The minimum atomic E-state index is -1.42. The highest BCUT2D eigenvalue weighted by Crippen LogP contribution is 2.35. The van der Waals surface area contributed by atoms with Crippen molar-refractivity contribution in [3.05, 3.63) is 35.1 Å². The molecule has 0 aliphatic heterocycles. The largest absolute Gasteiger partial charge is 0.303 e. The van der Waals surface area contributed by atoms with E-state index in [4.69, 9.17) is 0 Å². The van der Waals surface area contributed by atoms with Gasteiger partial charge in [0.25, 0.3) is 0 Å². The van der Waals surface area contributed by atoms with Crippen LogP contribution in [0.15, 0.2) is 12.1 Å². The highest BCUT2D eigenvalue weighted by atomic mass is 19.2. The van der Waals surface area contributed by atoms with Crippen molar-refractivity contribution in [2.45, 2.75) is 31.6 Å². The molecule has 1 aromatic rings. The van der Waals surface area contributed by atoms with Crippen LogP contribution in [0.1, 0.15) is 37.2 Å². The lowest BCUT2D eigenvalue weighted by molar-refractivity contribution is -0.111. The Kier molecular flexibility index (Phi) is 3.50. The Morgan fingerprint density at radius 2 is 1.53 bits per heavy atom. The summed E-state index contributed by atoms with van der Waals surface area (Å²) in [5, 5.41) is 0. The van der Waals surface area contributed by atoms with Gasteiger partial charge in [-0.05, 0) is 49.3 Å². The van der Waals surface area contributed by atoms with Crippen molar-refractivity contribution in [2.75, 3.05) is 0 Å². The quantitative estimate of drug-likeness (QED) is 0.572. The average Bonchev–Trinajstić information content (AvgIpc) is 2.35. The fourth-order valence-corrected chi connectivity index (χ4v) is 2.40. The Morgan fingerprint density at radius 1 is 1.00 bits per heavy atom. The van der Waals surface area contributed by atoms with Crippen LogP contribution in [0.3, 0.4) is 0 Å². The van der Waals surface area contributed by atoms with E-state index in [1.165, 1.54) is 0 Å². The summed E-state index contributed by atoms with van der Waals surface area (Å²) in [5.74, 6) is -3.62. The maximum Gasteiger partial charge on any atom is 0.194 e. The second-order valence-electron chi connectivity index (χ2n) is 4.55. The fraction of sp³-hybridized carbons (Fsp3) is 0.462. The zero-order valence-corrected chi connectivity index (χ0v) is 9.26. The molecule has 1 aliphatic rings. The lowest BCUT2D eigenvalue weighted by atomic mass is 9.79. The normalized spacial score (nSPS) is 24.6. The summed E-state index contributed by atoms with van der Waals surface area (Å²) in [6.45, 7) is 0. The van der Waals surface area contributed by atoms with E-state index in [1.54, 1.807) is 0 Å². The van der Waals surface area contributed by atoms with E-state index in [1.807, 2.05) is 0 Å². The fourth-order valence-electron chi connectivity index (χ4n) is 2.40. The molecule has 0 saturated heterocycles. The number of rotatable bonds is 2. The molecule has 0 spiro atoms. The number of hydrogen-bond acceptors (Lipinski definition) is 1. The van der Waals surface area contributed by atoms with Gasteiger partial charge in [-0.2, -0.15) is 0 Å². The molecule has 0 heterocycles. The zero-order chi connectivity index (χ0) is 12.4. The highest BCUT2D eigenvalue weighted by Gasteiger charge is 2.23. The van der Waals surface area contributed by atoms with Crippen molar-refractivity contribution < 1.29 is 18.0 Å². The van der Waals surface area contributed by atoms with Crippen LogP contribution in [-0.4, -0.2) is 6.29 Å². The van der Waals surface area contributed by atoms with Crippen LogP contribution >= 0.6 is 0 Å². The maximum atomic E-state index is 13.1. The van der Waals surface area contributed by atoms with Crippen LogP contribution in [-0.2, 0) is 4.79 Å². The predicted molar refractivity (Wildman–Crippen MR) is 57.1 cm³/mol. The molecule has 1 saturated carbocycles. The van der Waals surface area contributed by atoms with E-state index in [0.717, 1.165) is 31.3 Å². The third-order valence-corrected chi connectivity index (χ3v) is 3.44. The molecule has 1 nitrogen and oxygen atoms in total. The Bertz CT molecular complexity index is 400. The van der Waals surface area contributed by atoms with Crippen molar-refractivity contribution in [1.82, 2.24) is 0 Å². The van der Waals surface area contributed by atoms with Crippen molar-refractivity contribution >= 4 is 6.29 Å². The molecule has 92 valence electrons. The van der Waals surface area contributed by atoms with Crippen LogP contribution < -0.4 is 0 Å². The first-order valence-corrected chi connectivity index (χ1v) is 5.71. The Labute approximate surface area is 97.6 Å². The van der Waals surface area contributed by atoms with Crippen molar-refractivity contribution in [2.24, 2.45) is 5.92 Å². The van der Waals surface area contributed by atoms with Gasteiger partial charge in [0, 0.05) is 5.92 Å². The summed E-state index contributed by atoms with van der Waals surface area (Å²) < 4.78 is 38.9. The molecule has 0 radical (unpaired) electrons. The topological polar surface area (TPSA) is 17.1 Å². The first-order chi connectivity index (χ1) is 8.11. The molecule has 0 bridgehead atoms. The lowest BCUT2D eigenvalue weighted by Gasteiger charge is -2.25. The molecule has 2 rings (SSSR count). The molecule has 4 heteroatoms. The van der Waals surface area contributed by atoms with Crippen LogP contribution in [0.2, 0.25) is 0 Å². The van der Waals surface area contributed by atoms with E-state index >= 15 is 0 Å². The van der Waals surface area contributed by atoms with Crippen LogP contribution in [0, 0.1) is 23.4 Å². The van der Waals surface area contributed by atoms with Crippen molar-refractivity contribution in [1.29, 1.82) is 0 Å². The monoisotopic (exact) mass is 242 g/mol. The van der Waals surface area contributed by atoms with Gasteiger partial charge in [-0.25, -0.2) is 13.2 Å². The number of aldehydes is 1. The predicted octanol–water partition coefficient (Wildman–Crippen LogP) is 3.58. The van der Waals surface area contributed by atoms with E-state index in [2.05, 4.69) is 0 Å². The zero-order valence-electron chi connectivity index (χ0n) is 9.26. The van der Waals surface area contributed by atoms with Gasteiger partial charge in [0.05, 0.1) is 0 Å². The Hall–Kier alpha value is -1.32. The molecule has 1 aromatic carbocycles. The molecule has 17 heavy (non-hydrogen) atoms. The minimum Gasteiger partial charge on any atom is -0.303 e. The summed E-state index contributed by atoms with van der Waals surface area (Å²) >= 11 is 0. The third kappa shape index (κ3) is 2.51. The second kappa shape index (κ2) is 4.90. The number of halogens is 3. The van der Waals surface area contributed by atoms with Gasteiger partial charge in [-0.15, -0.1) is 0 Å². The van der Waals surface area contributed by atoms with Gasteiger partial charge in [0.1, 0.15) is 6.29 Å². The maximum absolute atomic E-state index is 13.1. The van der Waals surface area contributed by atoms with E-state index in [0.29, 0.717) is 18.4 Å². The van der Waals surface area contributed by atoms with Gasteiger partial charge in [-0.3, -0.25) is 0 Å². The van der Waals surface area contributed by atoms with E-state index in [-0.39, 0.29) is 11.8 Å².